The highest BCUT2D eigenvalue weighted by Gasteiger charge is 2.01. The largest absolute Gasteiger partial charge is 0.494 e. The van der Waals surface area contributed by atoms with Crippen molar-refractivity contribution in [2.45, 2.75) is 19.4 Å². The van der Waals surface area contributed by atoms with Crippen LogP contribution in [0.15, 0.2) is 35.3 Å². The van der Waals surface area contributed by atoms with Gasteiger partial charge in [-0.05, 0) is 43.7 Å². The molecule has 1 aromatic carbocycles. The van der Waals surface area contributed by atoms with Crippen LogP contribution in [0.3, 0.4) is 0 Å². The molecule has 2 nitrogen and oxygen atoms in total. The molecule has 0 aliphatic carbocycles. The Morgan fingerprint density at radius 1 is 1.50 bits per heavy atom. The SMILES string of the molecule is C=CCCCOc1ccc(Br)c(CNC)c1. The van der Waals surface area contributed by atoms with Crippen molar-refractivity contribution in [1.29, 1.82) is 0 Å². The van der Waals surface area contributed by atoms with Gasteiger partial charge in [-0.1, -0.05) is 22.0 Å². The van der Waals surface area contributed by atoms with Gasteiger partial charge in [0.1, 0.15) is 5.75 Å². The van der Waals surface area contributed by atoms with Crippen molar-refractivity contribution >= 4 is 15.9 Å². The highest BCUT2D eigenvalue weighted by molar-refractivity contribution is 9.10. The third-order valence-electron chi connectivity index (χ3n) is 2.21. The minimum Gasteiger partial charge on any atom is -0.494 e. The molecule has 0 atom stereocenters. The zero-order chi connectivity index (χ0) is 11.8. The summed E-state index contributed by atoms with van der Waals surface area (Å²) in [7, 11) is 1.93. The number of allylic oxidation sites excluding steroid dienone is 1. The third kappa shape index (κ3) is 4.37. The van der Waals surface area contributed by atoms with Crippen LogP contribution in [0.2, 0.25) is 0 Å². The maximum absolute atomic E-state index is 5.65. The van der Waals surface area contributed by atoms with Gasteiger partial charge in [0.25, 0.3) is 0 Å². The number of ether oxygens (including phenoxy) is 1. The van der Waals surface area contributed by atoms with Crippen LogP contribution in [0.1, 0.15) is 18.4 Å². The monoisotopic (exact) mass is 283 g/mol. The molecule has 1 rings (SSSR count). The van der Waals surface area contributed by atoms with Gasteiger partial charge in [-0.2, -0.15) is 0 Å². The zero-order valence-electron chi connectivity index (χ0n) is 9.63. The second kappa shape index (κ2) is 7.47. The normalized spacial score (nSPS) is 10.1. The first kappa shape index (κ1) is 13.3. The quantitative estimate of drug-likeness (QED) is 0.611. The van der Waals surface area contributed by atoms with E-state index in [1.807, 2.05) is 25.3 Å². The second-order valence-electron chi connectivity index (χ2n) is 3.56. The Hall–Kier alpha value is -0.800. The lowest BCUT2D eigenvalue weighted by atomic mass is 10.2. The van der Waals surface area contributed by atoms with Gasteiger partial charge in [0, 0.05) is 11.0 Å². The van der Waals surface area contributed by atoms with E-state index in [0.29, 0.717) is 0 Å². The molecule has 0 aromatic heterocycles. The summed E-state index contributed by atoms with van der Waals surface area (Å²) in [6.45, 7) is 5.27. The van der Waals surface area contributed by atoms with E-state index in [9.17, 15) is 0 Å². The standard InChI is InChI=1S/C13H18BrNO/c1-3-4-5-8-16-12-6-7-13(14)11(9-12)10-15-2/h3,6-7,9,15H,1,4-5,8,10H2,2H3. The number of benzene rings is 1. The zero-order valence-corrected chi connectivity index (χ0v) is 11.2. The van der Waals surface area contributed by atoms with Gasteiger partial charge in [-0.3, -0.25) is 0 Å². The van der Waals surface area contributed by atoms with Crippen LogP contribution < -0.4 is 10.1 Å². The molecule has 88 valence electrons. The van der Waals surface area contributed by atoms with Crippen LogP contribution in [0.4, 0.5) is 0 Å². The van der Waals surface area contributed by atoms with Crippen molar-refractivity contribution < 1.29 is 4.74 Å². The lowest BCUT2D eigenvalue weighted by Gasteiger charge is -2.09. The number of rotatable bonds is 7. The molecule has 1 N–H and O–H groups in total. The van der Waals surface area contributed by atoms with Crippen molar-refractivity contribution in [3.63, 3.8) is 0 Å². The number of hydrogen-bond donors (Lipinski definition) is 1. The average Bonchev–Trinajstić information content (AvgIpc) is 2.29. The maximum Gasteiger partial charge on any atom is 0.119 e. The second-order valence-corrected chi connectivity index (χ2v) is 4.42. The summed E-state index contributed by atoms with van der Waals surface area (Å²) in [6.07, 6.45) is 3.93. The van der Waals surface area contributed by atoms with E-state index >= 15 is 0 Å². The first-order valence-electron chi connectivity index (χ1n) is 5.44. The van der Waals surface area contributed by atoms with Crippen LogP contribution >= 0.6 is 15.9 Å². The summed E-state index contributed by atoms with van der Waals surface area (Å²) in [6, 6.07) is 6.07. The van der Waals surface area contributed by atoms with Crippen molar-refractivity contribution in [1.82, 2.24) is 5.32 Å². The maximum atomic E-state index is 5.65. The van der Waals surface area contributed by atoms with Crippen LogP contribution in [0, 0.1) is 0 Å². The summed E-state index contributed by atoms with van der Waals surface area (Å²) >= 11 is 3.52. The topological polar surface area (TPSA) is 21.3 Å². The van der Waals surface area contributed by atoms with Gasteiger partial charge in [0.2, 0.25) is 0 Å². The molecule has 0 saturated heterocycles. The van der Waals surface area contributed by atoms with Crippen molar-refractivity contribution in [3.8, 4) is 5.75 Å². The van der Waals surface area contributed by atoms with E-state index in [1.54, 1.807) is 0 Å². The van der Waals surface area contributed by atoms with Crippen LogP contribution in [-0.2, 0) is 6.54 Å². The summed E-state index contributed by atoms with van der Waals surface area (Å²) in [4.78, 5) is 0. The Morgan fingerprint density at radius 3 is 3.00 bits per heavy atom. The third-order valence-corrected chi connectivity index (χ3v) is 2.98. The number of halogens is 1. The van der Waals surface area contributed by atoms with E-state index in [1.165, 1.54) is 5.56 Å². The predicted molar refractivity (Wildman–Crippen MR) is 71.8 cm³/mol. The number of nitrogens with one attached hydrogen (secondary N) is 1. The fourth-order valence-corrected chi connectivity index (χ4v) is 1.77. The number of hydrogen-bond acceptors (Lipinski definition) is 2. The highest BCUT2D eigenvalue weighted by Crippen LogP contribution is 2.22. The van der Waals surface area contributed by atoms with E-state index in [4.69, 9.17) is 4.74 Å². The highest BCUT2D eigenvalue weighted by atomic mass is 79.9. The van der Waals surface area contributed by atoms with Crippen LogP contribution in [0.5, 0.6) is 5.75 Å². The smallest absolute Gasteiger partial charge is 0.119 e. The van der Waals surface area contributed by atoms with Crippen LogP contribution in [-0.4, -0.2) is 13.7 Å². The van der Waals surface area contributed by atoms with Crippen molar-refractivity contribution in [3.05, 3.63) is 40.9 Å². The number of unbranched alkanes of at least 4 members (excludes halogenated alkanes) is 1. The molecule has 0 amide bonds. The van der Waals surface area contributed by atoms with Gasteiger partial charge in [0.15, 0.2) is 0 Å². The predicted octanol–water partition coefficient (Wildman–Crippen LogP) is 3.51. The van der Waals surface area contributed by atoms with E-state index in [2.05, 4.69) is 33.9 Å². The Kier molecular flexibility index (Phi) is 6.19. The first-order valence-corrected chi connectivity index (χ1v) is 6.24. The van der Waals surface area contributed by atoms with E-state index in [-0.39, 0.29) is 0 Å². The summed E-state index contributed by atoms with van der Waals surface area (Å²) < 4.78 is 6.77. The van der Waals surface area contributed by atoms with Gasteiger partial charge in [0.05, 0.1) is 6.61 Å². The Morgan fingerprint density at radius 2 is 2.31 bits per heavy atom. The molecule has 0 bridgehead atoms. The fourth-order valence-electron chi connectivity index (χ4n) is 1.38. The molecular weight excluding hydrogens is 266 g/mol. The average molecular weight is 284 g/mol. The molecular formula is C13H18BrNO. The minimum absolute atomic E-state index is 0.743. The molecule has 3 heteroatoms. The summed E-state index contributed by atoms with van der Waals surface area (Å²) in [5.41, 5.74) is 1.21. The molecule has 0 aliphatic heterocycles. The molecule has 0 heterocycles. The Labute approximate surface area is 106 Å². The fraction of sp³-hybridized carbons (Fsp3) is 0.385. The molecule has 0 unspecified atom stereocenters. The molecule has 0 saturated carbocycles. The Bertz CT molecular complexity index is 339. The van der Waals surface area contributed by atoms with Crippen LogP contribution in [0.25, 0.3) is 0 Å². The summed E-state index contributed by atoms with van der Waals surface area (Å²) in [5, 5.41) is 3.13. The van der Waals surface area contributed by atoms with Gasteiger partial charge < -0.3 is 10.1 Å². The van der Waals surface area contributed by atoms with E-state index < -0.39 is 0 Å². The van der Waals surface area contributed by atoms with Crippen molar-refractivity contribution in [2.24, 2.45) is 0 Å². The van der Waals surface area contributed by atoms with Gasteiger partial charge >= 0.3 is 0 Å². The lowest BCUT2D eigenvalue weighted by Crippen LogP contribution is -2.06. The molecule has 1 aromatic rings. The summed E-state index contributed by atoms with van der Waals surface area (Å²) in [5.74, 6) is 0.928. The van der Waals surface area contributed by atoms with E-state index in [0.717, 1.165) is 36.2 Å². The minimum atomic E-state index is 0.743. The van der Waals surface area contributed by atoms with Gasteiger partial charge in [-0.25, -0.2) is 0 Å². The lowest BCUT2D eigenvalue weighted by molar-refractivity contribution is 0.311. The first-order chi connectivity index (χ1) is 7.77. The molecule has 0 radical (unpaired) electrons. The molecule has 16 heavy (non-hydrogen) atoms. The molecule has 0 fully saturated rings. The van der Waals surface area contributed by atoms with Gasteiger partial charge in [-0.15, -0.1) is 6.58 Å². The van der Waals surface area contributed by atoms with Crippen molar-refractivity contribution in [2.75, 3.05) is 13.7 Å². The molecule has 0 spiro atoms. The Balaban J connectivity index is 2.53. The molecule has 0 aliphatic rings.